The van der Waals surface area contributed by atoms with Gasteiger partial charge in [-0.25, -0.2) is 4.98 Å². The van der Waals surface area contributed by atoms with Gasteiger partial charge in [-0.3, -0.25) is 0 Å². The Kier molecular flexibility index (Phi) is 5.68. The molecule has 0 spiro atoms. The quantitative estimate of drug-likeness (QED) is 0.815. The van der Waals surface area contributed by atoms with E-state index in [4.69, 9.17) is 15.5 Å². The van der Waals surface area contributed by atoms with E-state index < -0.39 is 16.6 Å². The molecule has 0 amide bonds. The molecule has 1 rings (SSSR count). The number of aromatic hydroxyl groups is 1. The van der Waals surface area contributed by atoms with Gasteiger partial charge in [0.2, 0.25) is 5.88 Å². The summed E-state index contributed by atoms with van der Waals surface area (Å²) in [6.45, 7) is 3.53. The van der Waals surface area contributed by atoms with Gasteiger partial charge < -0.3 is 5.11 Å². The molecule has 0 aliphatic carbocycles. The molecule has 13 heavy (non-hydrogen) atoms. The first-order valence-electron chi connectivity index (χ1n) is 3.06. The van der Waals surface area contributed by atoms with Gasteiger partial charge in [-0.15, -0.1) is 0 Å². The Morgan fingerprint density at radius 1 is 1.46 bits per heavy atom. The van der Waals surface area contributed by atoms with E-state index in [0.717, 1.165) is 5.56 Å². The predicted octanol–water partition coefficient (Wildman–Crippen LogP) is 1.07. The first-order valence-corrected chi connectivity index (χ1v) is 6.39. The summed E-state index contributed by atoms with van der Waals surface area (Å²) in [6, 6.07) is 3.32. The Morgan fingerprint density at radius 3 is 2.31 bits per heavy atom. The van der Waals surface area contributed by atoms with Crippen LogP contribution in [-0.2, 0) is 27.0 Å². The minimum absolute atomic E-state index is 0.0346. The van der Waals surface area contributed by atoms with Crippen molar-refractivity contribution < 1.29 is 32.1 Å². The molecule has 5 nitrogen and oxygen atoms in total. The van der Waals surface area contributed by atoms with Crippen molar-refractivity contribution in [2.75, 3.05) is 0 Å². The molecule has 6 heteroatoms. The van der Waals surface area contributed by atoms with Crippen LogP contribution in [0.25, 0.3) is 6.08 Å². The van der Waals surface area contributed by atoms with Crippen molar-refractivity contribution in [3.8, 4) is 5.88 Å². The second-order valence-corrected chi connectivity index (χ2v) is 3.20. The second-order valence-electron chi connectivity index (χ2n) is 1.84. The zero-order valence-electron chi connectivity index (χ0n) is 6.51. The van der Waals surface area contributed by atoms with Gasteiger partial charge in [0.1, 0.15) is 0 Å². The van der Waals surface area contributed by atoms with E-state index in [1.165, 1.54) is 6.20 Å². The van der Waals surface area contributed by atoms with E-state index in [2.05, 4.69) is 11.6 Å². The number of hydrogen-bond acceptors (Lipinski definition) is 5. The summed E-state index contributed by atoms with van der Waals surface area (Å²) < 4.78 is 25.8. The molecule has 0 atom stereocenters. The zero-order chi connectivity index (χ0) is 10.3. The second kappa shape index (κ2) is 6.29. The minimum atomic E-state index is -4.21. The molecule has 0 bridgehead atoms. The third kappa shape index (κ3) is 7.12. The number of aromatic nitrogens is 1. The van der Waals surface area contributed by atoms with E-state index in [1.54, 1.807) is 18.2 Å². The van der Waals surface area contributed by atoms with Crippen LogP contribution in [0.2, 0.25) is 0 Å². The fraction of sp³-hybridized carbons (Fsp3) is 0. The third-order valence-corrected chi connectivity index (χ3v) is 1.01. The first kappa shape index (κ1) is 11.8. The standard InChI is InChI=1S/C7H7NO.3O.Re/c1-2-6-3-4-8-7(9)5-6;;;;/h2-5H,1H2,(H,8,9);;;;. The Labute approximate surface area is 79.9 Å². The molecule has 0 saturated carbocycles. The van der Waals surface area contributed by atoms with Crippen LogP contribution < -0.4 is 0 Å². The average molecular weight is 355 g/mol. The SMILES string of the molecule is C=Cc1ccnc(O)c1.[O]=[Re](=[O])=[O]. The van der Waals surface area contributed by atoms with Gasteiger partial charge in [0, 0.05) is 12.3 Å². The maximum absolute atomic E-state index is 8.79. The van der Waals surface area contributed by atoms with Gasteiger partial charge >= 0.3 is 27.0 Å². The normalized spacial score (nSPS) is 8.00. The van der Waals surface area contributed by atoms with Crippen LogP contribution in [0.3, 0.4) is 0 Å². The Bertz CT molecular complexity index is 377. The molecule has 1 heterocycles. The van der Waals surface area contributed by atoms with E-state index in [9.17, 15) is 0 Å². The average Bonchev–Trinajstić information content (AvgIpc) is 2.03. The summed E-state index contributed by atoms with van der Waals surface area (Å²) in [5.74, 6) is 0.0346. The zero-order valence-corrected chi connectivity index (χ0v) is 9.23. The molecule has 0 aliphatic rings. The van der Waals surface area contributed by atoms with Crippen molar-refractivity contribution in [1.82, 2.24) is 4.98 Å². The van der Waals surface area contributed by atoms with Crippen molar-refractivity contribution in [2.45, 2.75) is 0 Å². The third-order valence-electron chi connectivity index (χ3n) is 1.01. The van der Waals surface area contributed by atoms with E-state index >= 15 is 0 Å². The summed E-state index contributed by atoms with van der Waals surface area (Å²) in [6.07, 6.45) is 3.19. The van der Waals surface area contributed by atoms with Crippen LogP contribution in [0.4, 0.5) is 0 Å². The monoisotopic (exact) mass is 356 g/mol. The molecule has 0 fully saturated rings. The summed E-state index contributed by atoms with van der Waals surface area (Å²) in [7, 11) is 0. The van der Waals surface area contributed by atoms with Gasteiger partial charge in [-0.05, 0) is 11.6 Å². The number of pyridine rings is 1. The van der Waals surface area contributed by atoms with Gasteiger partial charge in [0.15, 0.2) is 0 Å². The first-order chi connectivity index (χ1) is 6.06. The van der Waals surface area contributed by atoms with Crippen molar-refractivity contribution in [3.05, 3.63) is 30.5 Å². The van der Waals surface area contributed by atoms with Crippen molar-refractivity contribution in [3.63, 3.8) is 0 Å². The Balaban J connectivity index is 0.000000310. The van der Waals surface area contributed by atoms with Crippen LogP contribution >= 0.6 is 0 Å². The fourth-order valence-electron chi connectivity index (χ4n) is 0.561. The van der Waals surface area contributed by atoms with Crippen molar-refractivity contribution in [1.29, 1.82) is 0 Å². The van der Waals surface area contributed by atoms with Gasteiger partial charge in [-0.1, -0.05) is 12.7 Å². The molecule has 71 valence electrons. The molecule has 0 saturated heterocycles. The molecule has 0 aliphatic heterocycles. The van der Waals surface area contributed by atoms with Crippen molar-refractivity contribution in [2.24, 2.45) is 0 Å². The topological polar surface area (TPSA) is 84.3 Å². The molecule has 1 N–H and O–H groups in total. The Morgan fingerprint density at radius 2 is 2.00 bits per heavy atom. The molecule has 0 unspecified atom stereocenters. The summed E-state index contributed by atoms with van der Waals surface area (Å²) >= 11 is -4.21. The Hall–Kier alpha value is -1.25. The van der Waals surface area contributed by atoms with Crippen LogP contribution in [0.1, 0.15) is 5.56 Å². The maximum atomic E-state index is 8.79. The molecule has 0 radical (unpaired) electrons. The summed E-state index contributed by atoms with van der Waals surface area (Å²) in [5.41, 5.74) is 0.877. The summed E-state index contributed by atoms with van der Waals surface area (Å²) in [4.78, 5) is 3.60. The van der Waals surface area contributed by atoms with Crippen LogP contribution in [-0.4, -0.2) is 10.1 Å². The molecular formula is C7H7NO4Re. The predicted molar refractivity (Wildman–Crippen MR) is 38.1 cm³/mol. The molecule has 1 aromatic rings. The van der Waals surface area contributed by atoms with Crippen molar-refractivity contribution >= 4 is 6.08 Å². The number of nitrogens with zero attached hydrogens (tertiary/aromatic N) is 1. The van der Waals surface area contributed by atoms with Crippen LogP contribution in [0, 0.1) is 0 Å². The molecule has 1 aromatic heterocycles. The van der Waals surface area contributed by atoms with E-state index in [-0.39, 0.29) is 5.88 Å². The summed E-state index contributed by atoms with van der Waals surface area (Å²) in [5, 5.41) is 8.79. The van der Waals surface area contributed by atoms with Crippen LogP contribution in [0.5, 0.6) is 5.88 Å². The van der Waals surface area contributed by atoms with Gasteiger partial charge in [-0.2, -0.15) is 0 Å². The number of hydrogen-bond donors (Lipinski definition) is 1. The molecule has 0 aromatic carbocycles. The van der Waals surface area contributed by atoms with Gasteiger partial charge in [0.05, 0.1) is 0 Å². The molecular weight excluding hydrogens is 348 g/mol. The fourth-order valence-corrected chi connectivity index (χ4v) is 0.561. The van der Waals surface area contributed by atoms with E-state index in [1.807, 2.05) is 0 Å². The van der Waals surface area contributed by atoms with Crippen LogP contribution in [0.15, 0.2) is 24.9 Å². The van der Waals surface area contributed by atoms with Gasteiger partial charge in [0.25, 0.3) is 0 Å². The van der Waals surface area contributed by atoms with E-state index in [0.29, 0.717) is 0 Å². The number of rotatable bonds is 1.